The van der Waals surface area contributed by atoms with Gasteiger partial charge >= 0.3 is 0 Å². The van der Waals surface area contributed by atoms with Crippen LogP contribution in [0.3, 0.4) is 0 Å². The van der Waals surface area contributed by atoms with Crippen molar-refractivity contribution in [1.29, 1.82) is 0 Å². The number of amides is 1. The second-order valence-electron chi connectivity index (χ2n) is 6.46. The van der Waals surface area contributed by atoms with Gasteiger partial charge in [-0.2, -0.15) is 0 Å². The van der Waals surface area contributed by atoms with Crippen LogP contribution in [-0.4, -0.2) is 29.3 Å². The number of benzene rings is 2. The van der Waals surface area contributed by atoms with Crippen LogP contribution in [0.5, 0.6) is 0 Å². The van der Waals surface area contributed by atoms with Crippen LogP contribution in [0, 0.1) is 6.92 Å². The minimum Gasteiger partial charge on any atom is -0.321 e. The Hall–Kier alpha value is -3.63. The molecule has 4 aromatic rings. The molecule has 0 unspecified atom stereocenters. The Morgan fingerprint density at radius 2 is 1.61 bits per heavy atom. The molecular weight excluding hydrogens is 434 g/mol. The van der Waals surface area contributed by atoms with E-state index in [0.29, 0.717) is 16.3 Å². The lowest BCUT2D eigenvalue weighted by Crippen LogP contribution is -2.15. The maximum Gasteiger partial charge on any atom is 0.267 e. The highest BCUT2D eigenvalue weighted by atomic mass is 32.2. The molecule has 0 radical (unpaired) electrons. The van der Waals surface area contributed by atoms with Gasteiger partial charge in [-0.25, -0.2) is 28.1 Å². The van der Waals surface area contributed by atoms with Crippen molar-refractivity contribution in [3.05, 3.63) is 83.6 Å². The summed E-state index contributed by atoms with van der Waals surface area (Å²) in [5.41, 5.74) is 2.04. The first-order chi connectivity index (χ1) is 14.9. The Labute approximate surface area is 183 Å². The van der Waals surface area contributed by atoms with E-state index in [9.17, 15) is 13.2 Å². The monoisotopic (exact) mass is 451 g/mol. The molecule has 2 heterocycles. The molecule has 4 rings (SSSR count). The Morgan fingerprint density at radius 1 is 0.935 bits per heavy atom. The normalized spacial score (nSPS) is 11.1. The van der Waals surface area contributed by atoms with Gasteiger partial charge in [-0.15, -0.1) is 11.3 Å². The summed E-state index contributed by atoms with van der Waals surface area (Å²) in [6, 6.07) is 17.1. The number of thiazole rings is 1. The summed E-state index contributed by atoms with van der Waals surface area (Å²) < 4.78 is 27.2. The molecule has 0 spiro atoms. The van der Waals surface area contributed by atoms with E-state index in [1.807, 2.05) is 30.3 Å². The van der Waals surface area contributed by atoms with Gasteiger partial charge in [-0.1, -0.05) is 30.3 Å². The highest BCUT2D eigenvalue weighted by Gasteiger charge is 2.18. The Kier molecular flexibility index (Phi) is 5.74. The number of carbonyl (C=O) groups excluding carboxylic acids is 1. The number of nitrogens with zero attached hydrogens (tertiary/aromatic N) is 3. The zero-order valence-corrected chi connectivity index (χ0v) is 17.9. The molecule has 8 nitrogen and oxygen atoms in total. The summed E-state index contributed by atoms with van der Waals surface area (Å²) in [6.07, 6.45) is 2.88. The quantitative estimate of drug-likeness (QED) is 0.459. The van der Waals surface area contributed by atoms with E-state index in [2.05, 4.69) is 25.0 Å². The fraction of sp³-hybridized carbons (Fsp3) is 0.0476. The second-order valence-corrected chi connectivity index (χ2v) is 9.14. The van der Waals surface area contributed by atoms with Crippen LogP contribution < -0.4 is 10.0 Å². The maximum absolute atomic E-state index is 12.7. The SMILES string of the molecule is Cc1nc(-c2ccccc2)sc1C(=O)Nc1ccc(S(=O)(=O)Nc2ncccn2)cc1. The van der Waals surface area contributed by atoms with E-state index in [4.69, 9.17) is 0 Å². The topological polar surface area (TPSA) is 114 Å². The lowest BCUT2D eigenvalue weighted by atomic mass is 10.2. The third kappa shape index (κ3) is 4.76. The minimum atomic E-state index is -3.84. The summed E-state index contributed by atoms with van der Waals surface area (Å²) in [6.45, 7) is 1.78. The van der Waals surface area contributed by atoms with Gasteiger partial charge in [0.15, 0.2) is 0 Å². The number of aromatic nitrogens is 3. The maximum atomic E-state index is 12.7. The number of hydrogen-bond acceptors (Lipinski definition) is 7. The first-order valence-corrected chi connectivity index (χ1v) is 11.5. The Morgan fingerprint density at radius 3 is 2.29 bits per heavy atom. The first kappa shape index (κ1) is 20.6. The average molecular weight is 452 g/mol. The number of nitrogens with one attached hydrogen (secondary N) is 2. The lowest BCUT2D eigenvalue weighted by Gasteiger charge is -2.08. The van der Waals surface area contributed by atoms with Gasteiger partial charge in [0.1, 0.15) is 9.88 Å². The number of sulfonamides is 1. The van der Waals surface area contributed by atoms with Gasteiger partial charge in [0.2, 0.25) is 5.95 Å². The molecule has 10 heteroatoms. The first-order valence-electron chi connectivity index (χ1n) is 9.16. The van der Waals surface area contributed by atoms with Crippen LogP contribution in [0.15, 0.2) is 78.0 Å². The highest BCUT2D eigenvalue weighted by molar-refractivity contribution is 7.92. The smallest absolute Gasteiger partial charge is 0.267 e. The summed E-state index contributed by atoms with van der Waals surface area (Å²) in [5, 5.41) is 3.55. The number of anilines is 2. The molecule has 0 aliphatic heterocycles. The van der Waals surface area contributed by atoms with E-state index < -0.39 is 10.0 Å². The second kappa shape index (κ2) is 8.62. The number of aryl methyl sites for hydroxylation is 1. The highest BCUT2D eigenvalue weighted by Crippen LogP contribution is 2.28. The standard InChI is InChI=1S/C21H17N5O3S2/c1-14-18(30-20(24-14)15-6-3-2-4-7-15)19(27)25-16-8-10-17(11-9-16)31(28,29)26-21-22-12-5-13-23-21/h2-13H,1H3,(H,25,27)(H,22,23,26). The number of hydrogen-bond donors (Lipinski definition) is 2. The molecule has 0 saturated heterocycles. The van der Waals surface area contributed by atoms with Crippen LogP contribution >= 0.6 is 11.3 Å². The van der Waals surface area contributed by atoms with Crippen molar-refractivity contribution in [3.8, 4) is 10.6 Å². The van der Waals surface area contributed by atoms with E-state index in [0.717, 1.165) is 10.6 Å². The predicted octanol–water partition coefficient (Wildman–Crippen LogP) is 3.96. The van der Waals surface area contributed by atoms with Crippen molar-refractivity contribution < 1.29 is 13.2 Å². The lowest BCUT2D eigenvalue weighted by molar-refractivity contribution is 0.103. The van der Waals surface area contributed by atoms with Crippen LogP contribution in [0.1, 0.15) is 15.4 Å². The largest absolute Gasteiger partial charge is 0.321 e. The molecule has 1 amide bonds. The molecular formula is C21H17N5O3S2. The van der Waals surface area contributed by atoms with E-state index in [1.165, 1.54) is 48.0 Å². The number of rotatable bonds is 6. The average Bonchev–Trinajstić information content (AvgIpc) is 3.17. The van der Waals surface area contributed by atoms with E-state index in [-0.39, 0.29) is 16.8 Å². The van der Waals surface area contributed by atoms with Gasteiger partial charge in [0.05, 0.1) is 10.6 Å². The zero-order valence-electron chi connectivity index (χ0n) is 16.3. The predicted molar refractivity (Wildman–Crippen MR) is 120 cm³/mol. The molecule has 0 fully saturated rings. The molecule has 31 heavy (non-hydrogen) atoms. The van der Waals surface area contributed by atoms with Crippen LogP contribution in [0.25, 0.3) is 10.6 Å². The molecule has 0 bridgehead atoms. The van der Waals surface area contributed by atoms with E-state index in [1.54, 1.807) is 13.0 Å². The van der Waals surface area contributed by atoms with Crippen LogP contribution in [0.4, 0.5) is 11.6 Å². The van der Waals surface area contributed by atoms with Crippen molar-refractivity contribution in [2.75, 3.05) is 10.0 Å². The van der Waals surface area contributed by atoms with Crippen molar-refractivity contribution >= 4 is 38.9 Å². The summed E-state index contributed by atoms with van der Waals surface area (Å²) in [5.74, 6) is -0.321. The molecule has 2 aromatic heterocycles. The zero-order chi connectivity index (χ0) is 21.8. The van der Waals surface area contributed by atoms with E-state index >= 15 is 0 Å². The fourth-order valence-electron chi connectivity index (χ4n) is 2.75. The molecule has 2 aromatic carbocycles. The molecule has 0 atom stereocenters. The summed E-state index contributed by atoms with van der Waals surface area (Å²) >= 11 is 1.31. The third-order valence-electron chi connectivity index (χ3n) is 4.24. The molecule has 2 N–H and O–H groups in total. The van der Waals surface area contributed by atoms with Crippen molar-refractivity contribution in [2.24, 2.45) is 0 Å². The van der Waals surface area contributed by atoms with Crippen LogP contribution in [0.2, 0.25) is 0 Å². The Bertz CT molecular complexity index is 1310. The van der Waals surface area contributed by atoms with Gasteiger partial charge in [0.25, 0.3) is 15.9 Å². The molecule has 0 saturated carbocycles. The number of carbonyl (C=O) groups is 1. The third-order valence-corrected chi connectivity index (χ3v) is 6.79. The van der Waals surface area contributed by atoms with Gasteiger partial charge in [-0.3, -0.25) is 4.79 Å². The van der Waals surface area contributed by atoms with Crippen molar-refractivity contribution in [1.82, 2.24) is 15.0 Å². The molecule has 0 aliphatic carbocycles. The minimum absolute atomic E-state index is 0.0187. The van der Waals surface area contributed by atoms with Crippen molar-refractivity contribution in [3.63, 3.8) is 0 Å². The summed E-state index contributed by atoms with van der Waals surface area (Å²) in [7, 11) is -3.84. The van der Waals surface area contributed by atoms with Gasteiger partial charge in [0, 0.05) is 23.6 Å². The van der Waals surface area contributed by atoms with Gasteiger partial charge < -0.3 is 5.32 Å². The molecule has 156 valence electrons. The summed E-state index contributed by atoms with van der Waals surface area (Å²) in [4.78, 5) is 25.4. The van der Waals surface area contributed by atoms with Crippen molar-refractivity contribution in [2.45, 2.75) is 11.8 Å². The van der Waals surface area contributed by atoms with Gasteiger partial charge in [-0.05, 0) is 37.3 Å². The fourth-order valence-corrected chi connectivity index (χ4v) is 4.67. The molecule has 0 aliphatic rings. The van der Waals surface area contributed by atoms with Crippen LogP contribution in [-0.2, 0) is 10.0 Å². The Balaban J connectivity index is 1.48.